The van der Waals surface area contributed by atoms with E-state index in [0.29, 0.717) is 12.8 Å². The molecule has 2 heterocycles. The zero-order valence-electron chi connectivity index (χ0n) is 14.6. The Kier molecular flexibility index (Phi) is 4.48. The van der Waals surface area contributed by atoms with Gasteiger partial charge in [0.2, 0.25) is 11.8 Å². The topological polar surface area (TPSA) is 64.7 Å². The molecule has 2 N–H and O–H groups in total. The van der Waals surface area contributed by atoms with Crippen LogP contribution in [0.2, 0.25) is 0 Å². The van der Waals surface area contributed by atoms with Crippen molar-refractivity contribution in [2.45, 2.75) is 25.7 Å². The third-order valence-corrected chi connectivity index (χ3v) is 4.84. The van der Waals surface area contributed by atoms with Crippen molar-refractivity contribution in [3.63, 3.8) is 0 Å². The molecule has 26 heavy (non-hydrogen) atoms. The average Bonchev–Trinajstić information content (AvgIpc) is 3.29. The number of rotatable bonds is 5. The Labute approximate surface area is 152 Å². The first kappa shape index (κ1) is 16.4. The van der Waals surface area contributed by atoms with Crippen LogP contribution in [0, 0.1) is 0 Å². The fraction of sp³-hybridized carbons (Fsp3) is 0.300. The summed E-state index contributed by atoms with van der Waals surface area (Å²) < 4.78 is 0. The molecule has 2 aromatic rings. The maximum atomic E-state index is 11.3. The van der Waals surface area contributed by atoms with Gasteiger partial charge in [0.15, 0.2) is 0 Å². The highest BCUT2D eigenvalue weighted by atomic mass is 16.2. The minimum Gasteiger partial charge on any atom is -0.285 e. The number of nitrogens with zero attached hydrogens (tertiary/aromatic N) is 2. The Bertz CT molecular complexity index is 732. The van der Waals surface area contributed by atoms with Crippen LogP contribution in [0.25, 0.3) is 0 Å². The highest BCUT2D eigenvalue weighted by Gasteiger charge is 2.19. The van der Waals surface area contributed by atoms with Crippen molar-refractivity contribution in [3.05, 3.63) is 59.7 Å². The van der Waals surface area contributed by atoms with Gasteiger partial charge in [-0.3, -0.25) is 30.5 Å². The summed E-state index contributed by atoms with van der Waals surface area (Å²) in [7, 11) is 0. The first-order valence-corrected chi connectivity index (χ1v) is 8.99. The fourth-order valence-corrected chi connectivity index (χ4v) is 3.31. The second kappa shape index (κ2) is 7.07. The predicted molar refractivity (Wildman–Crippen MR) is 101 cm³/mol. The molecule has 6 heteroatoms. The number of nitrogens with one attached hydrogen (secondary N) is 2. The second-order valence-corrected chi connectivity index (χ2v) is 6.71. The van der Waals surface area contributed by atoms with Gasteiger partial charge in [-0.1, -0.05) is 24.3 Å². The standard InChI is InChI=1S/C20H22N4O2/c25-19-11-13-23(21-19)17-7-3-15(4-8-17)1-2-16-5-9-18(10-6-16)24-14-12-20(26)22-24/h3-10H,1-2,11-14H2,(H,21,25)(H,22,26). The largest absolute Gasteiger partial charge is 0.285 e. The first-order chi connectivity index (χ1) is 12.7. The minimum absolute atomic E-state index is 0.0750. The summed E-state index contributed by atoms with van der Waals surface area (Å²) in [6.45, 7) is 1.45. The van der Waals surface area contributed by atoms with E-state index in [2.05, 4.69) is 59.4 Å². The van der Waals surface area contributed by atoms with Crippen LogP contribution in [-0.4, -0.2) is 24.9 Å². The molecule has 2 aliphatic heterocycles. The Morgan fingerprint density at radius 2 is 1.04 bits per heavy atom. The SMILES string of the molecule is O=C1CCN(c2ccc(CCc3ccc(N4CCC(=O)N4)cc3)cc2)N1. The van der Waals surface area contributed by atoms with Crippen molar-refractivity contribution in [1.82, 2.24) is 10.9 Å². The summed E-state index contributed by atoms with van der Waals surface area (Å²) in [5, 5.41) is 3.78. The fourth-order valence-electron chi connectivity index (χ4n) is 3.31. The van der Waals surface area contributed by atoms with Crippen LogP contribution in [0.5, 0.6) is 0 Å². The lowest BCUT2D eigenvalue weighted by atomic mass is 10.0. The Hall–Kier alpha value is -3.02. The summed E-state index contributed by atoms with van der Waals surface area (Å²) in [6, 6.07) is 16.7. The van der Waals surface area contributed by atoms with Crippen LogP contribution in [0.15, 0.2) is 48.5 Å². The van der Waals surface area contributed by atoms with Gasteiger partial charge in [-0.2, -0.15) is 0 Å². The summed E-state index contributed by atoms with van der Waals surface area (Å²) in [5.74, 6) is 0.150. The van der Waals surface area contributed by atoms with E-state index < -0.39 is 0 Å². The van der Waals surface area contributed by atoms with Crippen LogP contribution in [0.4, 0.5) is 11.4 Å². The predicted octanol–water partition coefficient (Wildman–Crippen LogP) is 1.95. The summed E-state index contributed by atoms with van der Waals surface area (Å²) in [5.41, 5.74) is 10.3. The Morgan fingerprint density at radius 1 is 0.654 bits per heavy atom. The van der Waals surface area contributed by atoms with Crippen molar-refractivity contribution in [3.8, 4) is 0 Å². The number of hydrogen-bond donors (Lipinski definition) is 2. The monoisotopic (exact) mass is 350 g/mol. The molecule has 0 atom stereocenters. The zero-order valence-corrected chi connectivity index (χ0v) is 14.6. The third kappa shape index (κ3) is 3.64. The molecule has 2 amide bonds. The molecule has 0 radical (unpaired) electrons. The maximum Gasteiger partial charge on any atom is 0.240 e. The lowest BCUT2D eigenvalue weighted by molar-refractivity contribution is -0.119. The van der Waals surface area contributed by atoms with E-state index in [1.807, 2.05) is 10.0 Å². The molecule has 0 aliphatic carbocycles. The number of carbonyl (C=O) groups excluding carboxylic acids is 2. The van der Waals surface area contributed by atoms with Gasteiger partial charge in [0, 0.05) is 25.9 Å². The molecule has 0 unspecified atom stereocenters. The molecular weight excluding hydrogens is 328 g/mol. The van der Waals surface area contributed by atoms with Crippen LogP contribution in [0.3, 0.4) is 0 Å². The van der Waals surface area contributed by atoms with Gasteiger partial charge in [0.25, 0.3) is 0 Å². The van der Waals surface area contributed by atoms with Gasteiger partial charge in [-0.05, 0) is 48.2 Å². The second-order valence-electron chi connectivity index (χ2n) is 6.71. The van der Waals surface area contributed by atoms with Crippen molar-refractivity contribution < 1.29 is 9.59 Å². The quantitative estimate of drug-likeness (QED) is 0.865. The summed E-state index contributed by atoms with van der Waals surface area (Å²) >= 11 is 0. The first-order valence-electron chi connectivity index (χ1n) is 8.99. The molecule has 134 valence electrons. The van der Waals surface area contributed by atoms with Gasteiger partial charge in [0.05, 0.1) is 11.4 Å². The molecule has 0 aromatic heterocycles. The van der Waals surface area contributed by atoms with Gasteiger partial charge >= 0.3 is 0 Å². The number of carbonyl (C=O) groups is 2. The number of hydrazine groups is 2. The normalized spacial score (nSPS) is 16.8. The van der Waals surface area contributed by atoms with Crippen LogP contribution in [-0.2, 0) is 22.4 Å². The highest BCUT2D eigenvalue weighted by Crippen LogP contribution is 2.19. The van der Waals surface area contributed by atoms with Crippen LogP contribution >= 0.6 is 0 Å². The lowest BCUT2D eigenvalue weighted by Crippen LogP contribution is -2.32. The minimum atomic E-state index is 0.0750. The van der Waals surface area contributed by atoms with Crippen molar-refractivity contribution in [2.24, 2.45) is 0 Å². The van der Waals surface area contributed by atoms with E-state index in [9.17, 15) is 9.59 Å². The molecule has 6 nitrogen and oxygen atoms in total. The number of benzene rings is 2. The van der Waals surface area contributed by atoms with Gasteiger partial charge in [0.1, 0.15) is 0 Å². The number of amides is 2. The molecule has 0 saturated carbocycles. The molecule has 2 fully saturated rings. The smallest absolute Gasteiger partial charge is 0.240 e. The van der Waals surface area contributed by atoms with E-state index in [4.69, 9.17) is 0 Å². The molecular formula is C20H22N4O2. The summed E-state index contributed by atoms with van der Waals surface area (Å²) in [6.07, 6.45) is 3.04. The molecule has 0 bridgehead atoms. The number of aryl methyl sites for hydroxylation is 2. The van der Waals surface area contributed by atoms with E-state index in [-0.39, 0.29) is 11.8 Å². The Morgan fingerprint density at radius 3 is 1.35 bits per heavy atom. The van der Waals surface area contributed by atoms with E-state index in [1.165, 1.54) is 11.1 Å². The van der Waals surface area contributed by atoms with E-state index in [1.54, 1.807) is 0 Å². The molecule has 2 saturated heterocycles. The Balaban J connectivity index is 1.32. The maximum absolute atomic E-state index is 11.3. The zero-order chi connectivity index (χ0) is 17.9. The summed E-state index contributed by atoms with van der Waals surface area (Å²) in [4.78, 5) is 22.6. The lowest BCUT2D eigenvalue weighted by Gasteiger charge is -2.18. The van der Waals surface area contributed by atoms with Crippen molar-refractivity contribution in [1.29, 1.82) is 0 Å². The highest BCUT2D eigenvalue weighted by molar-refractivity contribution is 5.82. The van der Waals surface area contributed by atoms with E-state index in [0.717, 1.165) is 37.3 Å². The van der Waals surface area contributed by atoms with Gasteiger partial charge in [-0.15, -0.1) is 0 Å². The van der Waals surface area contributed by atoms with Crippen LogP contribution < -0.4 is 20.9 Å². The van der Waals surface area contributed by atoms with E-state index >= 15 is 0 Å². The third-order valence-electron chi connectivity index (χ3n) is 4.84. The molecule has 4 rings (SSSR count). The molecule has 0 spiro atoms. The molecule has 2 aliphatic rings. The molecule has 2 aromatic carbocycles. The van der Waals surface area contributed by atoms with Crippen LogP contribution in [0.1, 0.15) is 24.0 Å². The number of hydrogen-bond acceptors (Lipinski definition) is 4. The van der Waals surface area contributed by atoms with Crippen molar-refractivity contribution in [2.75, 3.05) is 23.1 Å². The van der Waals surface area contributed by atoms with Gasteiger partial charge < -0.3 is 0 Å². The van der Waals surface area contributed by atoms with Gasteiger partial charge in [-0.25, -0.2) is 0 Å². The van der Waals surface area contributed by atoms with Crippen molar-refractivity contribution >= 4 is 23.2 Å². The number of anilines is 2. The average molecular weight is 350 g/mol.